The molecule has 1 aliphatic heterocycles. The Kier molecular flexibility index (Phi) is 14.6. The molecule has 2 amide bonds. The molecule has 0 aromatic rings. The van der Waals surface area contributed by atoms with Gasteiger partial charge in [0.1, 0.15) is 6.17 Å². The van der Waals surface area contributed by atoms with Crippen LogP contribution in [-0.4, -0.2) is 31.6 Å². The molecule has 1 aliphatic rings. The lowest BCUT2D eigenvalue weighted by atomic mass is 10.1. The molecule has 0 saturated carbocycles. The summed E-state index contributed by atoms with van der Waals surface area (Å²) in [7, 11) is 0. The topological polar surface area (TPSA) is 77.5 Å². The van der Waals surface area contributed by atoms with Crippen molar-refractivity contribution in [2.75, 3.05) is 13.1 Å². The summed E-state index contributed by atoms with van der Waals surface area (Å²) < 4.78 is 0. The van der Waals surface area contributed by atoms with Gasteiger partial charge < -0.3 is 16.1 Å². The number of carbonyl (C=O) groups excluding carboxylic acids is 1. The molecule has 0 aromatic heterocycles. The lowest BCUT2D eigenvalue weighted by Gasteiger charge is -2.06. The van der Waals surface area contributed by atoms with E-state index in [2.05, 4.69) is 45.6 Å². The van der Waals surface area contributed by atoms with Gasteiger partial charge >= 0.3 is 6.03 Å². The van der Waals surface area contributed by atoms with E-state index in [1.165, 1.54) is 44.9 Å². The molecule has 1 rings (SSSR count). The molecule has 26 heavy (non-hydrogen) atoms. The molecule has 0 bridgehead atoms. The molecule has 0 aromatic carbocycles. The molecular formula is C20H39N5O. The van der Waals surface area contributed by atoms with E-state index in [-0.39, 0.29) is 12.2 Å². The Morgan fingerprint density at radius 1 is 0.962 bits per heavy atom. The first kappa shape index (κ1) is 22.5. The van der Waals surface area contributed by atoms with Crippen molar-refractivity contribution in [2.45, 2.75) is 90.1 Å². The van der Waals surface area contributed by atoms with Crippen LogP contribution in [0.5, 0.6) is 0 Å². The minimum absolute atomic E-state index is 0.0246. The summed E-state index contributed by atoms with van der Waals surface area (Å²) in [6, 6.07) is -0.0246. The number of hydrazine groups is 1. The Bertz CT molecular complexity index is 398. The molecule has 6 nitrogen and oxygen atoms in total. The second kappa shape index (κ2) is 16.9. The van der Waals surface area contributed by atoms with E-state index in [1.54, 1.807) is 6.34 Å². The third kappa shape index (κ3) is 13.7. The summed E-state index contributed by atoms with van der Waals surface area (Å²) in [4.78, 5) is 15.8. The van der Waals surface area contributed by atoms with Crippen molar-refractivity contribution in [2.24, 2.45) is 4.99 Å². The van der Waals surface area contributed by atoms with Gasteiger partial charge in [-0.15, -0.1) is 0 Å². The normalized spacial score (nSPS) is 16.1. The van der Waals surface area contributed by atoms with Gasteiger partial charge in [0.05, 0.1) is 6.34 Å². The van der Waals surface area contributed by atoms with Gasteiger partial charge in [-0.1, -0.05) is 44.8 Å². The molecule has 0 spiro atoms. The zero-order valence-electron chi connectivity index (χ0n) is 16.6. The van der Waals surface area contributed by atoms with Crippen molar-refractivity contribution >= 4 is 12.4 Å². The predicted molar refractivity (Wildman–Crippen MR) is 110 cm³/mol. The number of allylic oxidation sites excluding steroid dienone is 2. The van der Waals surface area contributed by atoms with Gasteiger partial charge in [0.15, 0.2) is 0 Å². The molecule has 0 saturated heterocycles. The van der Waals surface area contributed by atoms with Crippen LogP contribution >= 0.6 is 0 Å². The number of nitrogens with zero attached hydrogens (tertiary/aromatic N) is 1. The van der Waals surface area contributed by atoms with Crippen molar-refractivity contribution in [1.82, 2.24) is 21.5 Å². The minimum Gasteiger partial charge on any atom is -0.338 e. The smallest absolute Gasteiger partial charge is 0.314 e. The average molecular weight is 366 g/mol. The number of rotatable bonds is 16. The van der Waals surface area contributed by atoms with Crippen LogP contribution in [0, 0.1) is 0 Å². The molecule has 4 N–H and O–H groups in total. The molecule has 0 aliphatic carbocycles. The van der Waals surface area contributed by atoms with Crippen molar-refractivity contribution in [1.29, 1.82) is 0 Å². The number of carbonyl (C=O) groups is 1. The first-order valence-corrected chi connectivity index (χ1v) is 10.5. The van der Waals surface area contributed by atoms with Gasteiger partial charge in [-0.3, -0.25) is 4.99 Å². The summed E-state index contributed by atoms with van der Waals surface area (Å²) in [5.74, 6) is 0. The number of unbranched alkanes of at least 4 members (excludes halogenated alkanes) is 8. The van der Waals surface area contributed by atoms with Gasteiger partial charge in [-0.05, 0) is 51.4 Å². The number of urea groups is 1. The maximum atomic E-state index is 11.5. The van der Waals surface area contributed by atoms with Crippen molar-refractivity contribution < 1.29 is 4.79 Å². The predicted octanol–water partition coefficient (Wildman–Crippen LogP) is 4.01. The van der Waals surface area contributed by atoms with Crippen LogP contribution < -0.4 is 21.5 Å². The fraction of sp³-hybridized carbons (Fsp3) is 0.800. The van der Waals surface area contributed by atoms with E-state index in [1.807, 2.05) is 0 Å². The monoisotopic (exact) mass is 365 g/mol. The molecule has 150 valence electrons. The van der Waals surface area contributed by atoms with E-state index >= 15 is 0 Å². The lowest BCUT2D eigenvalue weighted by Crippen LogP contribution is -2.36. The standard InChI is InChI=1S/C20H39N5O/c1-2-3-13-16-21-20(26)22-17-14-11-9-7-5-4-6-8-10-12-15-19-23-18-24-25-19/h5,7,18-19,25H,2-4,6,8-17H2,1H3,(H,23,24)(H2,21,22,26)/b7-5+. The fourth-order valence-electron chi connectivity index (χ4n) is 2.86. The highest BCUT2D eigenvalue weighted by atomic mass is 16.2. The fourth-order valence-corrected chi connectivity index (χ4v) is 2.86. The minimum atomic E-state index is -0.0246. The third-order valence-corrected chi connectivity index (χ3v) is 4.48. The van der Waals surface area contributed by atoms with Crippen molar-refractivity contribution in [3.8, 4) is 0 Å². The maximum Gasteiger partial charge on any atom is 0.314 e. The van der Waals surface area contributed by atoms with Crippen LogP contribution in [0.4, 0.5) is 4.79 Å². The van der Waals surface area contributed by atoms with Crippen molar-refractivity contribution in [3.63, 3.8) is 0 Å². The number of nitrogens with one attached hydrogen (secondary N) is 4. The first-order valence-electron chi connectivity index (χ1n) is 10.5. The largest absolute Gasteiger partial charge is 0.338 e. The molecule has 1 heterocycles. The van der Waals surface area contributed by atoms with Crippen LogP contribution in [0.1, 0.15) is 84.0 Å². The number of hydrogen-bond acceptors (Lipinski definition) is 4. The summed E-state index contributed by atoms with van der Waals surface area (Å²) in [5, 5.41) is 5.81. The average Bonchev–Trinajstić information content (AvgIpc) is 3.16. The molecular weight excluding hydrogens is 326 g/mol. The number of hydrogen-bond donors (Lipinski definition) is 4. The highest BCUT2D eigenvalue weighted by molar-refractivity contribution is 5.73. The second-order valence-corrected chi connectivity index (χ2v) is 6.93. The van der Waals surface area contributed by atoms with Crippen LogP contribution in [0.2, 0.25) is 0 Å². The third-order valence-electron chi connectivity index (χ3n) is 4.48. The van der Waals surface area contributed by atoms with Gasteiger partial charge in [0.25, 0.3) is 0 Å². The summed E-state index contributed by atoms with van der Waals surface area (Å²) in [6.07, 6.45) is 20.7. The number of amides is 2. The van der Waals surface area contributed by atoms with E-state index in [0.717, 1.165) is 45.2 Å². The molecule has 0 fully saturated rings. The van der Waals surface area contributed by atoms with Gasteiger partial charge in [-0.2, -0.15) is 0 Å². The van der Waals surface area contributed by atoms with E-state index in [0.29, 0.717) is 0 Å². The maximum absolute atomic E-state index is 11.5. The summed E-state index contributed by atoms with van der Waals surface area (Å²) in [6.45, 7) is 3.71. The SMILES string of the molecule is CCCCCNC(=O)NCCCC/C=C/CCCCCCC1N=CNN1. The van der Waals surface area contributed by atoms with E-state index in [9.17, 15) is 4.79 Å². The van der Waals surface area contributed by atoms with Crippen LogP contribution in [-0.2, 0) is 0 Å². The second-order valence-electron chi connectivity index (χ2n) is 6.93. The highest BCUT2D eigenvalue weighted by Crippen LogP contribution is 2.09. The Hall–Kier alpha value is -1.56. The lowest BCUT2D eigenvalue weighted by molar-refractivity contribution is 0.240. The Morgan fingerprint density at radius 2 is 1.62 bits per heavy atom. The van der Waals surface area contributed by atoms with Crippen LogP contribution in [0.25, 0.3) is 0 Å². The first-order chi connectivity index (χ1) is 12.8. The zero-order valence-corrected chi connectivity index (χ0v) is 16.6. The van der Waals surface area contributed by atoms with Crippen LogP contribution in [0.3, 0.4) is 0 Å². The summed E-state index contributed by atoms with van der Waals surface area (Å²) in [5.41, 5.74) is 6.01. The Balaban J connectivity index is 1.76. The highest BCUT2D eigenvalue weighted by Gasteiger charge is 2.07. The van der Waals surface area contributed by atoms with Gasteiger partial charge in [0, 0.05) is 13.1 Å². The van der Waals surface area contributed by atoms with E-state index < -0.39 is 0 Å². The van der Waals surface area contributed by atoms with E-state index in [4.69, 9.17) is 0 Å². The summed E-state index contributed by atoms with van der Waals surface area (Å²) >= 11 is 0. The quantitative estimate of drug-likeness (QED) is 0.247. The molecule has 0 radical (unpaired) electrons. The molecule has 1 atom stereocenters. The Labute approximate surface area is 159 Å². The van der Waals surface area contributed by atoms with Crippen molar-refractivity contribution in [3.05, 3.63) is 12.2 Å². The zero-order chi connectivity index (χ0) is 18.7. The van der Waals surface area contributed by atoms with Gasteiger partial charge in [0.2, 0.25) is 0 Å². The molecule has 1 unspecified atom stereocenters. The molecule has 6 heteroatoms. The van der Waals surface area contributed by atoms with Crippen LogP contribution in [0.15, 0.2) is 17.1 Å². The number of aliphatic imine (C=N–C) groups is 1. The van der Waals surface area contributed by atoms with Gasteiger partial charge in [-0.25, -0.2) is 10.2 Å². The Morgan fingerprint density at radius 3 is 2.27 bits per heavy atom.